The first kappa shape index (κ1) is 15.6. The van der Waals surface area contributed by atoms with E-state index in [0.29, 0.717) is 6.42 Å². The van der Waals surface area contributed by atoms with Crippen molar-refractivity contribution in [3.8, 4) is 0 Å². The van der Waals surface area contributed by atoms with E-state index in [-0.39, 0.29) is 12.6 Å². The van der Waals surface area contributed by atoms with Gasteiger partial charge >= 0.3 is 12.3 Å². The smallest absolute Gasteiger partial charge is 0.330 e. The third-order valence-electron chi connectivity index (χ3n) is 2.05. The summed E-state index contributed by atoms with van der Waals surface area (Å²) in [5.74, 6) is -4.04. The summed E-state index contributed by atoms with van der Waals surface area (Å²) in [6.45, 7) is 3.59. The molecule has 0 amide bonds. The fourth-order valence-electron chi connectivity index (χ4n) is 1.02. The van der Waals surface area contributed by atoms with Gasteiger partial charge in [0, 0.05) is 12.6 Å². The van der Waals surface area contributed by atoms with Crippen LogP contribution in [0.15, 0.2) is 0 Å². The Labute approximate surface area is 93.3 Å². The summed E-state index contributed by atoms with van der Waals surface area (Å²) in [5, 5.41) is 3.14. The molecule has 0 aromatic carbocycles. The van der Waals surface area contributed by atoms with E-state index in [1.807, 2.05) is 13.8 Å². The van der Waals surface area contributed by atoms with E-state index >= 15 is 0 Å². The lowest BCUT2D eigenvalue weighted by atomic mass is 10.2. The van der Waals surface area contributed by atoms with Crippen molar-refractivity contribution in [1.29, 1.82) is 0 Å². The summed E-state index contributed by atoms with van der Waals surface area (Å²) < 4.78 is 52.8. The largest absolute Gasteiger partial charge is 0.375 e. The molecule has 0 aliphatic heterocycles. The van der Waals surface area contributed by atoms with Gasteiger partial charge in [0.2, 0.25) is 0 Å². The van der Waals surface area contributed by atoms with Crippen LogP contribution in [-0.2, 0) is 4.74 Å². The topological polar surface area (TPSA) is 21.3 Å². The highest BCUT2D eigenvalue weighted by molar-refractivity contribution is 4.68. The van der Waals surface area contributed by atoms with Crippen molar-refractivity contribution in [3.05, 3.63) is 0 Å². The minimum absolute atomic E-state index is 0.0557. The second kappa shape index (κ2) is 7.84. The molecule has 0 bridgehead atoms. The lowest BCUT2D eigenvalue weighted by molar-refractivity contribution is -0.166. The van der Waals surface area contributed by atoms with Gasteiger partial charge in [-0.2, -0.15) is 8.78 Å². The standard InChI is InChI=1S/C10H19F4NO/c1-3-5-15-8(2)4-6-16-7-10(13,14)9(11)12/h8-9,15H,3-7H2,1-2H3. The highest BCUT2D eigenvalue weighted by Gasteiger charge is 2.40. The van der Waals surface area contributed by atoms with Crippen molar-refractivity contribution in [1.82, 2.24) is 5.32 Å². The van der Waals surface area contributed by atoms with Crippen molar-refractivity contribution in [2.24, 2.45) is 0 Å². The van der Waals surface area contributed by atoms with Crippen LogP contribution in [0.2, 0.25) is 0 Å². The quantitative estimate of drug-likeness (QED) is 0.498. The van der Waals surface area contributed by atoms with Crippen molar-refractivity contribution >= 4 is 0 Å². The van der Waals surface area contributed by atoms with Gasteiger partial charge < -0.3 is 10.1 Å². The monoisotopic (exact) mass is 245 g/mol. The molecular formula is C10H19F4NO. The molecule has 6 heteroatoms. The third-order valence-corrected chi connectivity index (χ3v) is 2.05. The van der Waals surface area contributed by atoms with Crippen LogP contribution < -0.4 is 5.32 Å². The highest BCUT2D eigenvalue weighted by Crippen LogP contribution is 2.22. The van der Waals surface area contributed by atoms with Crippen molar-refractivity contribution < 1.29 is 22.3 Å². The lowest BCUT2D eigenvalue weighted by Crippen LogP contribution is -2.33. The molecule has 0 rings (SSSR count). The van der Waals surface area contributed by atoms with Gasteiger partial charge in [-0.25, -0.2) is 8.78 Å². The number of halogens is 4. The fourth-order valence-corrected chi connectivity index (χ4v) is 1.02. The Bertz CT molecular complexity index is 178. The minimum Gasteiger partial charge on any atom is -0.375 e. The summed E-state index contributed by atoms with van der Waals surface area (Å²) >= 11 is 0. The molecule has 1 atom stereocenters. The van der Waals surface area contributed by atoms with Gasteiger partial charge in [-0.1, -0.05) is 6.92 Å². The second-order valence-corrected chi connectivity index (χ2v) is 3.76. The molecule has 0 heterocycles. The SMILES string of the molecule is CCCNC(C)CCOCC(F)(F)C(F)F. The van der Waals surface area contributed by atoms with E-state index in [1.165, 1.54) is 0 Å². The van der Waals surface area contributed by atoms with Crippen LogP contribution in [0.3, 0.4) is 0 Å². The zero-order valence-corrected chi connectivity index (χ0v) is 9.61. The summed E-state index contributed by atoms with van der Waals surface area (Å²) in [7, 11) is 0. The van der Waals surface area contributed by atoms with Crippen LogP contribution in [0.25, 0.3) is 0 Å². The van der Waals surface area contributed by atoms with E-state index < -0.39 is 19.0 Å². The zero-order chi connectivity index (χ0) is 12.6. The van der Waals surface area contributed by atoms with Crippen LogP contribution >= 0.6 is 0 Å². The molecule has 1 unspecified atom stereocenters. The first-order valence-corrected chi connectivity index (χ1v) is 5.37. The molecule has 0 spiro atoms. The van der Waals surface area contributed by atoms with E-state index in [0.717, 1.165) is 13.0 Å². The Balaban J connectivity index is 3.52. The van der Waals surface area contributed by atoms with E-state index in [2.05, 4.69) is 10.1 Å². The van der Waals surface area contributed by atoms with Gasteiger partial charge in [0.25, 0.3) is 0 Å². The van der Waals surface area contributed by atoms with E-state index in [9.17, 15) is 17.6 Å². The van der Waals surface area contributed by atoms with Crippen LogP contribution in [0.4, 0.5) is 17.6 Å². The van der Waals surface area contributed by atoms with Crippen molar-refractivity contribution in [2.75, 3.05) is 19.8 Å². The average Bonchev–Trinajstić information content (AvgIpc) is 2.21. The summed E-state index contributed by atoms with van der Waals surface area (Å²) in [6.07, 6.45) is -2.16. The first-order valence-electron chi connectivity index (χ1n) is 5.37. The summed E-state index contributed by atoms with van der Waals surface area (Å²) in [6, 6.07) is 0.139. The van der Waals surface area contributed by atoms with Gasteiger partial charge in [0.05, 0.1) is 0 Å². The lowest BCUT2D eigenvalue weighted by Gasteiger charge is -2.17. The molecule has 16 heavy (non-hydrogen) atoms. The van der Waals surface area contributed by atoms with Crippen LogP contribution in [0.5, 0.6) is 0 Å². The van der Waals surface area contributed by atoms with Crippen LogP contribution in [0, 0.1) is 0 Å². The highest BCUT2D eigenvalue weighted by atomic mass is 19.3. The molecule has 0 radical (unpaired) electrons. The molecule has 0 aromatic rings. The molecule has 0 saturated heterocycles. The van der Waals surface area contributed by atoms with Crippen LogP contribution in [0.1, 0.15) is 26.7 Å². The van der Waals surface area contributed by atoms with E-state index in [1.54, 1.807) is 0 Å². The normalized spacial score (nSPS) is 14.4. The number of ether oxygens (including phenoxy) is 1. The Morgan fingerprint density at radius 3 is 2.44 bits per heavy atom. The Kier molecular flexibility index (Phi) is 7.66. The number of rotatable bonds is 9. The Hall–Kier alpha value is -0.360. The van der Waals surface area contributed by atoms with Gasteiger partial charge in [0.15, 0.2) is 0 Å². The van der Waals surface area contributed by atoms with Crippen LogP contribution in [-0.4, -0.2) is 38.1 Å². The maximum atomic E-state index is 12.4. The molecular weight excluding hydrogens is 226 g/mol. The zero-order valence-electron chi connectivity index (χ0n) is 9.61. The third kappa shape index (κ3) is 7.00. The number of hydrogen-bond acceptors (Lipinski definition) is 2. The van der Waals surface area contributed by atoms with E-state index in [4.69, 9.17) is 0 Å². The predicted molar refractivity (Wildman–Crippen MR) is 54.1 cm³/mol. The van der Waals surface area contributed by atoms with Crippen molar-refractivity contribution in [3.63, 3.8) is 0 Å². The predicted octanol–water partition coefficient (Wildman–Crippen LogP) is 2.68. The van der Waals surface area contributed by atoms with Gasteiger partial charge in [-0.15, -0.1) is 0 Å². The molecule has 2 nitrogen and oxygen atoms in total. The van der Waals surface area contributed by atoms with Gasteiger partial charge in [-0.05, 0) is 26.3 Å². The summed E-state index contributed by atoms with van der Waals surface area (Å²) in [4.78, 5) is 0. The number of hydrogen-bond donors (Lipinski definition) is 1. The molecule has 0 aliphatic rings. The Morgan fingerprint density at radius 1 is 1.31 bits per heavy atom. The minimum atomic E-state index is -4.04. The molecule has 1 N–H and O–H groups in total. The maximum absolute atomic E-state index is 12.4. The van der Waals surface area contributed by atoms with Gasteiger partial charge in [0.1, 0.15) is 6.61 Å². The summed E-state index contributed by atoms with van der Waals surface area (Å²) in [5.41, 5.74) is 0. The number of nitrogens with one attached hydrogen (secondary N) is 1. The van der Waals surface area contributed by atoms with Gasteiger partial charge in [-0.3, -0.25) is 0 Å². The van der Waals surface area contributed by atoms with Crippen molar-refractivity contribution in [2.45, 2.75) is 45.1 Å². The second-order valence-electron chi connectivity index (χ2n) is 3.76. The average molecular weight is 245 g/mol. The molecule has 0 aliphatic carbocycles. The molecule has 0 fully saturated rings. The Morgan fingerprint density at radius 2 is 1.94 bits per heavy atom. The molecule has 0 saturated carbocycles. The number of alkyl halides is 4. The maximum Gasteiger partial charge on any atom is 0.330 e. The fraction of sp³-hybridized carbons (Fsp3) is 1.00. The molecule has 98 valence electrons. The molecule has 0 aromatic heterocycles. The first-order chi connectivity index (χ1) is 7.40.